The largest absolute Gasteiger partial charge is 0.388 e. The molecule has 0 saturated carbocycles. The first-order chi connectivity index (χ1) is 19.4. The molecule has 0 radical (unpaired) electrons. The number of nitrogens with zero attached hydrogens (tertiary/aromatic N) is 2. The van der Waals surface area contributed by atoms with E-state index in [4.69, 9.17) is 0 Å². The number of fused-ring (bicyclic) bond motifs is 1. The topological polar surface area (TPSA) is 142 Å². The number of nitrogens with one attached hydrogen (secondary N) is 4. The van der Waals surface area contributed by atoms with E-state index in [1.165, 1.54) is 16.8 Å². The first-order valence-corrected chi connectivity index (χ1v) is 15.0. The second-order valence-corrected chi connectivity index (χ2v) is 12.9. The minimum absolute atomic E-state index is 0.0528. The van der Waals surface area contributed by atoms with Gasteiger partial charge in [0.1, 0.15) is 4.21 Å². The smallest absolute Gasteiger partial charge is 0.333 e. The maximum Gasteiger partial charge on any atom is 0.333 e. The molecule has 11 nitrogen and oxygen atoms in total. The number of carbonyl (C=O) groups is 2. The van der Waals surface area contributed by atoms with E-state index in [1.807, 2.05) is 30.6 Å². The molecule has 4 N–H and O–H groups in total. The van der Waals surface area contributed by atoms with Gasteiger partial charge in [0.2, 0.25) is 0 Å². The fraction of sp³-hybridized carbons (Fsp3) is 0.250. The minimum Gasteiger partial charge on any atom is -0.388 e. The summed E-state index contributed by atoms with van der Waals surface area (Å²) >= 11 is 1.08. The molecule has 0 aliphatic rings. The molecule has 4 aromatic rings. The van der Waals surface area contributed by atoms with Crippen LogP contribution in [0.25, 0.3) is 16.5 Å². The number of sulfonamides is 1. The van der Waals surface area contributed by atoms with Crippen LogP contribution in [0.15, 0.2) is 63.7 Å². The predicted octanol–water partition coefficient (Wildman–Crippen LogP) is 3.51. The van der Waals surface area contributed by atoms with Crippen LogP contribution in [0.2, 0.25) is 0 Å². The normalized spacial score (nSPS) is 11.5. The van der Waals surface area contributed by atoms with Crippen molar-refractivity contribution >= 4 is 55.4 Å². The highest BCUT2D eigenvalue weighted by Gasteiger charge is 2.21. The van der Waals surface area contributed by atoms with Crippen LogP contribution >= 0.6 is 11.3 Å². The lowest BCUT2D eigenvalue weighted by atomic mass is 10.1. The Bertz CT molecular complexity index is 1760. The zero-order chi connectivity index (χ0) is 29.9. The van der Waals surface area contributed by atoms with Gasteiger partial charge in [-0.1, -0.05) is 0 Å². The molecule has 216 valence electrons. The molecular weight excluding hydrogens is 564 g/mol. The number of benzene rings is 2. The highest BCUT2D eigenvalue weighted by Crippen LogP contribution is 2.25. The summed E-state index contributed by atoms with van der Waals surface area (Å²) < 4.78 is 28.6. The van der Waals surface area contributed by atoms with Crippen molar-refractivity contribution in [2.45, 2.75) is 18.1 Å². The SMILES string of the molecule is CNc1ccc2c(=O)n(-c3ccc(NC(=O)NS(=O)(=O)c4cc(C)c(C)s4)cc3)cc(C(=O)NCCN(C)C)c2c1. The van der Waals surface area contributed by atoms with E-state index in [9.17, 15) is 22.8 Å². The molecule has 0 aliphatic carbocycles. The number of likely N-dealkylation sites (N-methyl/N-ethyl adjacent to an activating group) is 1. The lowest BCUT2D eigenvalue weighted by Gasteiger charge is -2.15. The van der Waals surface area contributed by atoms with Crippen molar-refractivity contribution in [3.63, 3.8) is 0 Å². The van der Waals surface area contributed by atoms with Crippen molar-refractivity contribution in [3.05, 3.63) is 81.1 Å². The van der Waals surface area contributed by atoms with Gasteiger partial charge in [0.05, 0.1) is 5.56 Å². The molecule has 0 aliphatic heterocycles. The molecular formula is C28H32N6O5S2. The van der Waals surface area contributed by atoms with Crippen molar-refractivity contribution in [1.82, 2.24) is 19.5 Å². The van der Waals surface area contributed by atoms with E-state index in [-0.39, 0.29) is 15.7 Å². The summed E-state index contributed by atoms with van der Waals surface area (Å²) in [7, 11) is 1.56. The molecule has 0 bridgehead atoms. The maximum atomic E-state index is 13.4. The summed E-state index contributed by atoms with van der Waals surface area (Å²) in [5.41, 5.74) is 2.37. The third-order valence-electron chi connectivity index (χ3n) is 6.43. The zero-order valence-corrected chi connectivity index (χ0v) is 25.0. The van der Waals surface area contributed by atoms with Crippen LogP contribution < -0.4 is 26.2 Å². The number of carbonyl (C=O) groups excluding carboxylic acids is 2. The molecule has 0 atom stereocenters. The van der Waals surface area contributed by atoms with Gasteiger partial charge in [0.25, 0.3) is 21.5 Å². The van der Waals surface area contributed by atoms with E-state index < -0.39 is 16.1 Å². The van der Waals surface area contributed by atoms with Gasteiger partial charge in [-0.25, -0.2) is 17.9 Å². The Hall–Kier alpha value is -4.20. The lowest BCUT2D eigenvalue weighted by molar-refractivity contribution is 0.0952. The van der Waals surface area contributed by atoms with Crippen LogP contribution in [0, 0.1) is 13.8 Å². The molecule has 4 rings (SSSR count). The molecule has 13 heteroatoms. The van der Waals surface area contributed by atoms with Gasteiger partial charge in [-0.2, -0.15) is 0 Å². The van der Waals surface area contributed by atoms with Crippen molar-refractivity contribution in [1.29, 1.82) is 0 Å². The number of amides is 3. The number of pyridine rings is 1. The molecule has 2 aromatic carbocycles. The van der Waals surface area contributed by atoms with Crippen molar-refractivity contribution in [3.8, 4) is 5.69 Å². The summed E-state index contributed by atoms with van der Waals surface area (Å²) in [6.45, 7) is 4.69. The standard InChI is InChI=1S/C28H32N6O5S2/c1-17-14-25(40-18(17)2)41(38,39)32-28(37)31-19-6-9-21(10-7-19)34-16-24(26(35)30-12-13-33(4)5)23-15-20(29-3)8-11-22(23)27(34)36/h6-11,14-16,29H,12-13H2,1-5H3,(H,30,35)(H2,31,32,37). The summed E-state index contributed by atoms with van der Waals surface area (Å²) in [5, 5.41) is 9.33. The number of anilines is 2. The second kappa shape index (κ2) is 12.1. The molecule has 0 spiro atoms. The number of urea groups is 1. The number of aryl methyl sites for hydroxylation is 2. The molecule has 2 heterocycles. The third kappa shape index (κ3) is 6.76. The first kappa shape index (κ1) is 29.8. The van der Waals surface area contributed by atoms with Gasteiger partial charge >= 0.3 is 6.03 Å². The Balaban J connectivity index is 1.60. The minimum atomic E-state index is -4.02. The average molecular weight is 597 g/mol. The summed E-state index contributed by atoms with van der Waals surface area (Å²) in [5.74, 6) is -0.314. The number of rotatable bonds is 9. The Morgan fingerprint density at radius 3 is 2.27 bits per heavy atom. The van der Waals surface area contributed by atoms with Crippen LogP contribution in [0.5, 0.6) is 0 Å². The van der Waals surface area contributed by atoms with Gasteiger partial charge in [-0.3, -0.25) is 14.2 Å². The highest BCUT2D eigenvalue weighted by atomic mass is 32.2. The van der Waals surface area contributed by atoms with E-state index in [2.05, 4.69) is 16.0 Å². The van der Waals surface area contributed by atoms with Crippen LogP contribution in [-0.4, -0.2) is 64.1 Å². The number of thiophene rings is 1. The second-order valence-electron chi connectivity index (χ2n) is 9.70. The molecule has 0 saturated heterocycles. The fourth-order valence-electron chi connectivity index (χ4n) is 4.06. The van der Waals surface area contributed by atoms with Crippen LogP contribution in [0.4, 0.5) is 16.2 Å². The van der Waals surface area contributed by atoms with E-state index >= 15 is 0 Å². The van der Waals surface area contributed by atoms with Crippen molar-refractivity contribution in [2.75, 3.05) is 44.9 Å². The van der Waals surface area contributed by atoms with Crippen molar-refractivity contribution in [2.24, 2.45) is 0 Å². The number of hydrogen-bond donors (Lipinski definition) is 4. The first-order valence-electron chi connectivity index (χ1n) is 12.7. The van der Waals surface area contributed by atoms with Crippen LogP contribution in [0.1, 0.15) is 20.8 Å². The summed E-state index contributed by atoms with van der Waals surface area (Å²) in [4.78, 5) is 41.9. The van der Waals surface area contributed by atoms with Gasteiger partial charge in [0.15, 0.2) is 0 Å². The Morgan fingerprint density at radius 2 is 1.66 bits per heavy atom. The fourth-order valence-corrected chi connectivity index (χ4v) is 6.49. The zero-order valence-electron chi connectivity index (χ0n) is 23.4. The maximum absolute atomic E-state index is 13.4. The van der Waals surface area contributed by atoms with Crippen LogP contribution in [0.3, 0.4) is 0 Å². The van der Waals surface area contributed by atoms with Gasteiger partial charge < -0.3 is 20.9 Å². The Labute approximate surface area is 242 Å². The van der Waals surface area contributed by atoms with Gasteiger partial charge in [0, 0.05) is 59.0 Å². The Morgan fingerprint density at radius 1 is 0.976 bits per heavy atom. The van der Waals surface area contributed by atoms with Crippen molar-refractivity contribution < 1.29 is 18.0 Å². The van der Waals surface area contributed by atoms with E-state index in [0.29, 0.717) is 40.8 Å². The molecule has 41 heavy (non-hydrogen) atoms. The van der Waals surface area contributed by atoms with Crippen LogP contribution in [-0.2, 0) is 10.0 Å². The molecule has 0 fully saturated rings. The predicted molar refractivity (Wildman–Crippen MR) is 163 cm³/mol. The van der Waals surface area contributed by atoms with E-state index in [1.54, 1.807) is 56.4 Å². The average Bonchev–Trinajstić information content (AvgIpc) is 3.27. The molecule has 0 unspecified atom stereocenters. The lowest BCUT2D eigenvalue weighted by Crippen LogP contribution is -2.34. The van der Waals surface area contributed by atoms with Gasteiger partial charge in [-0.05, 0) is 82.0 Å². The van der Waals surface area contributed by atoms with E-state index in [0.717, 1.165) is 27.5 Å². The highest BCUT2D eigenvalue weighted by molar-refractivity contribution is 7.92. The number of aromatic nitrogens is 1. The summed E-state index contributed by atoms with van der Waals surface area (Å²) in [6, 6.07) is 12.1. The number of hydrogen-bond acceptors (Lipinski definition) is 8. The molecule has 2 aromatic heterocycles. The third-order valence-corrected chi connectivity index (χ3v) is 9.39. The van der Waals surface area contributed by atoms with Gasteiger partial charge in [-0.15, -0.1) is 11.3 Å². The molecule has 3 amide bonds. The monoisotopic (exact) mass is 596 g/mol. The quantitative estimate of drug-likeness (QED) is 0.232. The summed E-state index contributed by atoms with van der Waals surface area (Å²) in [6.07, 6.45) is 1.50. The Kier molecular flexibility index (Phi) is 8.80.